The third-order valence-corrected chi connectivity index (χ3v) is 5.00. The largest absolute Gasteiger partial charge is 0.313 e. The predicted molar refractivity (Wildman–Crippen MR) is 65.1 cm³/mol. The van der Waals surface area contributed by atoms with Crippen LogP contribution in [0.1, 0.15) is 47.5 Å². The normalized spacial score (nSPS) is 20.1. The van der Waals surface area contributed by atoms with Crippen molar-refractivity contribution in [1.29, 1.82) is 0 Å². The quantitative estimate of drug-likeness (QED) is 0.712. The molecule has 0 aliphatic carbocycles. The maximum Gasteiger partial charge on any atom is 0.0475 e. The second-order valence-electron chi connectivity index (χ2n) is 3.82. The molecule has 1 N–H and O–H groups in total. The van der Waals surface area contributed by atoms with Crippen LogP contribution in [0.3, 0.4) is 0 Å². The minimum absolute atomic E-state index is 0.259. The van der Waals surface area contributed by atoms with E-state index in [2.05, 4.69) is 39.9 Å². The first-order chi connectivity index (χ1) is 6.58. The Kier molecular flexibility index (Phi) is 7.47. The molecule has 0 saturated carbocycles. The monoisotopic (exact) mass is 219 g/mol. The van der Waals surface area contributed by atoms with Gasteiger partial charge in [-0.25, -0.2) is 0 Å². The van der Waals surface area contributed by atoms with Crippen molar-refractivity contribution in [2.75, 3.05) is 6.54 Å². The van der Waals surface area contributed by atoms with Crippen molar-refractivity contribution in [3.8, 4) is 0 Å². The Morgan fingerprint density at radius 2 is 1.71 bits per heavy atom. The SMILES string of the molecule is CCNC(CC)C(C)S(=O)C(C)CC. The van der Waals surface area contributed by atoms with Crippen molar-refractivity contribution < 1.29 is 4.21 Å². The summed E-state index contributed by atoms with van der Waals surface area (Å²) >= 11 is 0. The first kappa shape index (κ1) is 14.1. The van der Waals surface area contributed by atoms with Gasteiger partial charge in [0.25, 0.3) is 0 Å². The zero-order chi connectivity index (χ0) is 11.1. The van der Waals surface area contributed by atoms with Crippen molar-refractivity contribution in [3.63, 3.8) is 0 Å². The minimum Gasteiger partial charge on any atom is -0.313 e. The molecule has 0 bridgehead atoms. The van der Waals surface area contributed by atoms with Crippen LogP contribution in [-0.2, 0) is 10.8 Å². The van der Waals surface area contributed by atoms with Crippen molar-refractivity contribution in [3.05, 3.63) is 0 Å². The van der Waals surface area contributed by atoms with E-state index >= 15 is 0 Å². The van der Waals surface area contributed by atoms with Gasteiger partial charge in [-0.2, -0.15) is 0 Å². The standard InChI is InChI=1S/C11H25NOS/c1-6-9(4)14(13)10(5)11(7-2)12-8-3/h9-12H,6-8H2,1-5H3. The number of nitrogens with one attached hydrogen (secondary N) is 1. The Bertz CT molecular complexity index is 173. The van der Waals surface area contributed by atoms with Crippen LogP contribution in [0.25, 0.3) is 0 Å². The predicted octanol–water partition coefficient (Wildman–Crippen LogP) is 2.31. The van der Waals surface area contributed by atoms with E-state index in [0.717, 1.165) is 19.4 Å². The molecule has 0 aromatic heterocycles. The Balaban J connectivity index is 4.25. The molecule has 0 fully saturated rings. The van der Waals surface area contributed by atoms with Crippen LogP contribution in [0.15, 0.2) is 0 Å². The van der Waals surface area contributed by atoms with Crippen molar-refractivity contribution in [2.45, 2.75) is 64.0 Å². The summed E-state index contributed by atoms with van der Waals surface area (Å²) in [5.74, 6) is 0. The molecule has 0 heterocycles. The molecule has 0 aliphatic rings. The lowest BCUT2D eigenvalue weighted by Crippen LogP contribution is -2.42. The molecule has 14 heavy (non-hydrogen) atoms. The van der Waals surface area contributed by atoms with Gasteiger partial charge in [0, 0.05) is 27.3 Å². The molecular weight excluding hydrogens is 194 g/mol. The summed E-state index contributed by atoms with van der Waals surface area (Å²) in [6, 6.07) is 0.398. The highest BCUT2D eigenvalue weighted by Gasteiger charge is 2.23. The number of rotatable bonds is 7. The Hall–Kier alpha value is 0.110. The Morgan fingerprint density at radius 3 is 2.07 bits per heavy atom. The van der Waals surface area contributed by atoms with Crippen LogP contribution in [0, 0.1) is 0 Å². The highest BCUT2D eigenvalue weighted by Crippen LogP contribution is 2.12. The molecule has 0 aromatic rings. The molecule has 0 saturated heterocycles. The van der Waals surface area contributed by atoms with E-state index in [4.69, 9.17) is 0 Å². The van der Waals surface area contributed by atoms with Gasteiger partial charge in [0.05, 0.1) is 0 Å². The van der Waals surface area contributed by atoms with Crippen LogP contribution in [0.4, 0.5) is 0 Å². The van der Waals surface area contributed by atoms with Gasteiger partial charge < -0.3 is 5.32 Å². The average molecular weight is 219 g/mol. The van der Waals surface area contributed by atoms with Gasteiger partial charge in [-0.15, -0.1) is 0 Å². The van der Waals surface area contributed by atoms with Crippen molar-refractivity contribution in [2.24, 2.45) is 0 Å². The Labute approximate surface area is 91.3 Å². The highest BCUT2D eigenvalue weighted by atomic mass is 32.2. The zero-order valence-corrected chi connectivity index (χ0v) is 11.0. The lowest BCUT2D eigenvalue weighted by atomic mass is 10.2. The van der Waals surface area contributed by atoms with E-state index < -0.39 is 10.8 Å². The highest BCUT2D eigenvalue weighted by molar-refractivity contribution is 7.86. The van der Waals surface area contributed by atoms with Crippen LogP contribution in [-0.4, -0.2) is 27.3 Å². The molecule has 0 amide bonds. The third kappa shape index (κ3) is 4.09. The average Bonchev–Trinajstić information content (AvgIpc) is 2.22. The molecule has 0 aromatic carbocycles. The first-order valence-electron chi connectivity index (χ1n) is 5.71. The summed E-state index contributed by atoms with van der Waals surface area (Å²) in [7, 11) is -0.703. The topological polar surface area (TPSA) is 29.1 Å². The Morgan fingerprint density at radius 1 is 1.14 bits per heavy atom. The zero-order valence-electron chi connectivity index (χ0n) is 10.2. The first-order valence-corrected chi connectivity index (χ1v) is 6.98. The minimum atomic E-state index is -0.703. The summed E-state index contributed by atoms with van der Waals surface area (Å²) in [6.07, 6.45) is 2.05. The van der Waals surface area contributed by atoms with Gasteiger partial charge in [0.15, 0.2) is 0 Å². The fraction of sp³-hybridized carbons (Fsp3) is 1.00. The second kappa shape index (κ2) is 7.41. The summed E-state index contributed by atoms with van der Waals surface area (Å²) < 4.78 is 12.0. The molecule has 86 valence electrons. The molecule has 4 atom stereocenters. The van der Waals surface area contributed by atoms with E-state index in [9.17, 15) is 4.21 Å². The van der Waals surface area contributed by atoms with Gasteiger partial charge in [-0.3, -0.25) is 4.21 Å². The van der Waals surface area contributed by atoms with E-state index in [0.29, 0.717) is 11.3 Å². The van der Waals surface area contributed by atoms with Crippen molar-refractivity contribution in [1.82, 2.24) is 5.32 Å². The number of hydrogen-bond donors (Lipinski definition) is 1. The van der Waals surface area contributed by atoms with Crippen LogP contribution < -0.4 is 5.32 Å². The van der Waals surface area contributed by atoms with Gasteiger partial charge in [-0.1, -0.05) is 27.7 Å². The summed E-state index contributed by atoms with van der Waals surface area (Å²) in [5, 5.41) is 3.98. The molecule has 0 rings (SSSR count). The summed E-state index contributed by atoms with van der Waals surface area (Å²) in [6.45, 7) is 11.5. The summed E-state index contributed by atoms with van der Waals surface area (Å²) in [4.78, 5) is 0. The van der Waals surface area contributed by atoms with Crippen LogP contribution in [0.2, 0.25) is 0 Å². The molecule has 4 unspecified atom stereocenters. The lowest BCUT2D eigenvalue weighted by molar-refractivity contribution is 0.498. The molecule has 0 aliphatic heterocycles. The second-order valence-corrected chi connectivity index (χ2v) is 6.03. The molecular formula is C11H25NOS. The van der Waals surface area contributed by atoms with Crippen LogP contribution in [0.5, 0.6) is 0 Å². The van der Waals surface area contributed by atoms with Crippen LogP contribution >= 0.6 is 0 Å². The molecule has 0 spiro atoms. The maximum atomic E-state index is 12.0. The van der Waals surface area contributed by atoms with Gasteiger partial charge in [0.1, 0.15) is 0 Å². The smallest absolute Gasteiger partial charge is 0.0475 e. The maximum absolute atomic E-state index is 12.0. The fourth-order valence-electron chi connectivity index (χ4n) is 1.60. The fourth-order valence-corrected chi connectivity index (χ4v) is 3.27. The number of hydrogen-bond acceptors (Lipinski definition) is 2. The lowest BCUT2D eigenvalue weighted by Gasteiger charge is -2.25. The molecule has 3 heteroatoms. The summed E-state index contributed by atoms with van der Waals surface area (Å²) in [5.41, 5.74) is 0. The van der Waals surface area contributed by atoms with Gasteiger partial charge >= 0.3 is 0 Å². The van der Waals surface area contributed by atoms with E-state index in [-0.39, 0.29) is 5.25 Å². The van der Waals surface area contributed by atoms with Gasteiger partial charge in [-0.05, 0) is 26.3 Å². The third-order valence-electron chi connectivity index (χ3n) is 2.81. The van der Waals surface area contributed by atoms with E-state index in [1.54, 1.807) is 0 Å². The van der Waals surface area contributed by atoms with Crippen molar-refractivity contribution >= 4 is 10.8 Å². The van der Waals surface area contributed by atoms with E-state index in [1.807, 2.05) is 0 Å². The van der Waals surface area contributed by atoms with E-state index in [1.165, 1.54) is 0 Å². The van der Waals surface area contributed by atoms with Gasteiger partial charge in [0.2, 0.25) is 0 Å². The molecule has 2 nitrogen and oxygen atoms in total. The molecule has 0 radical (unpaired) electrons.